The van der Waals surface area contributed by atoms with Gasteiger partial charge in [0, 0.05) is 25.7 Å². The van der Waals surface area contributed by atoms with Crippen molar-refractivity contribution in [2.75, 3.05) is 19.6 Å². The van der Waals surface area contributed by atoms with Crippen LogP contribution in [0.3, 0.4) is 0 Å². The summed E-state index contributed by atoms with van der Waals surface area (Å²) < 4.78 is 13.6. The maximum atomic E-state index is 13.6. The second-order valence-electron chi connectivity index (χ2n) is 10.4. The first kappa shape index (κ1) is 23.3. The van der Waals surface area contributed by atoms with Crippen molar-refractivity contribution in [3.05, 3.63) is 35.6 Å². The van der Waals surface area contributed by atoms with Crippen LogP contribution in [-0.2, 0) is 9.59 Å². The van der Waals surface area contributed by atoms with Gasteiger partial charge in [0.1, 0.15) is 11.9 Å². The molecule has 182 valence electrons. The highest BCUT2D eigenvalue weighted by molar-refractivity contribution is 5.87. The zero-order valence-corrected chi connectivity index (χ0v) is 19.6. The summed E-state index contributed by atoms with van der Waals surface area (Å²) in [6, 6.07) is 7.52. The van der Waals surface area contributed by atoms with Gasteiger partial charge in [-0.2, -0.15) is 5.26 Å². The third-order valence-electron chi connectivity index (χ3n) is 8.36. The molecule has 0 spiro atoms. The second kappa shape index (κ2) is 9.63. The van der Waals surface area contributed by atoms with Gasteiger partial charge >= 0.3 is 0 Å². The Bertz CT molecular complexity index is 957. The van der Waals surface area contributed by atoms with E-state index in [1.807, 2.05) is 12.1 Å². The normalized spacial score (nSPS) is 29.4. The van der Waals surface area contributed by atoms with E-state index < -0.39 is 12.1 Å². The molecular weight excluding hydrogens is 433 g/mol. The van der Waals surface area contributed by atoms with Gasteiger partial charge in [0.2, 0.25) is 11.8 Å². The molecule has 3 aliphatic heterocycles. The number of benzene rings is 1. The van der Waals surface area contributed by atoms with Crippen molar-refractivity contribution in [2.45, 2.75) is 81.6 Å². The average molecular weight is 468 g/mol. The fourth-order valence-electron chi connectivity index (χ4n) is 6.73. The quantitative estimate of drug-likeness (QED) is 0.694. The van der Waals surface area contributed by atoms with Crippen LogP contribution in [0, 0.1) is 23.1 Å². The number of nitrogens with zero attached hydrogens (tertiary/aromatic N) is 4. The van der Waals surface area contributed by atoms with Crippen LogP contribution in [-0.4, -0.2) is 70.3 Å². The summed E-state index contributed by atoms with van der Waals surface area (Å²) in [6.45, 7) is 1.60. The van der Waals surface area contributed by atoms with Crippen molar-refractivity contribution < 1.29 is 14.0 Å². The smallest absolute Gasteiger partial charge is 0.241 e. The number of nitriles is 1. The lowest BCUT2D eigenvalue weighted by Gasteiger charge is -2.43. The molecule has 4 fully saturated rings. The van der Waals surface area contributed by atoms with Gasteiger partial charge in [-0.1, -0.05) is 31.4 Å². The second-order valence-corrected chi connectivity index (χ2v) is 10.4. The van der Waals surface area contributed by atoms with E-state index in [2.05, 4.69) is 15.9 Å². The highest BCUT2D eigenvalue weighted by atomic mass is 19.1. The summed E-state index contributed by atoms with van der Waals surface area (Å²) in [4.78, 5) is 32.3. The number of piperazine rings is 1. The summed E-state index contributed by atoms with van der Waals surface area (Å²) >= 11 is 0. The molecule has 3 heterocycles. The number of rotatable bonds is 6. The molecule has 5 atom stereocenters. The Hall–Kier alpha value is -2.50. The molecule has 5 rings (SSSR count). The third kappa shape index (κ3) is 4.20. The van der Waals surface area contributed by atoms with Crippen LogP contribution in [0.25, 0.3) is 0 Å². The van der Waals surface area contributed by atoms with Gasteiger partial charge in [-0.3, -0.25) is 14.5 Å². The molecule has 0 radical (unpaired) electrons. The molecule has 34 heavy (non-hydrogen) atoms. The predicted octanol–water partition coefficient (Wildman–Crippen LogP) is 2.57. The number of carbonyl (C=O) groups excluding carboxylic acids is 2. The standard InChI is InChI=1S/C26H34FN5O2/c27-19-10-8-18(9-11-19)24(17-5-2-1-3-6-17)32-21-13-23(26(32)34)30(15-21)16-22(29)25(33)31-12-4-7-20(31)14-28/h8-11,17,20-24H,1-7,12-13,15-16,29H2/t20-,21-,22-,23-,24+/m0/s1. The van der Waals surface area contributed by atoms with Gasteiger partial charge in [-0.25, -0.2) is 4.39 Å². The Labute approximate surface area is 200 Å². The van der Waals surface area contributed by atoms with Crippen molar-refractivity contribution in [3.63, 3.8) is 0 Å². The number of amides is 2. The number of halogens is 1. The third-order valence-corrected chi connectivity index (χ3v) is 8.36. The minimum absolute atomic E-state index is 0.0261. The van der Waals surface area contributed by atoms with Crippen LogP contribution in [0.15, 0.2) is 24.3 Å². The molecule has 3 saturated heterocycles. The SMILES string of the molecule is N#C[C@@H]1CCCN1C(=O)[C@@H](N)CN1C[C@@H]2C[C@H]1C(=O)N2[C@@H](c1ccc(F)cc1)C1CCCCC1. The Morgan fingerprint density at radius 3 is 2.56 bits per heavy atom. The summed E-state index contributed by atoms with van der Waals surface area (Å²) in [6.07, 6.45) is 8.01. The van der Waals surface area contributed by atoms with E-state index in [0.717, 1.165) is 31.2 Å². The fourth-order valence-corrected chi connectivity index (χ4v) is 6.73. The minimum atomic E-state index is -0.735. The summed E-state index contributed by atoms with van der Waals surface area (Å²) in [5, 5.41) is 9.30. The molecule has 1 aliphatic carbocycles. The Morgan fingerprint density at radius 1 is 1.15 bits per heavy atom. The minimum Gasteiger partial charge on any atom is -0.330 e. The van der Waals surface area contributed by atoms with Crippen LogP contribution in [0.1, 0.15) is 63.0 Å². The molecule has 4 aliphatic rings. The van der Waals surface area contributed by atoms with E-state index in [0.29, 0.717) is 32.0 Å². The average Bonchev–Trinajstić information content (AvgIpc) is 3.56. The maximum Gasteiger partial charge on any atom is 0.241 e. The first-order chi connectivity index (χ1) is 16.5. The molecule has 1 saturated carbocycles. The van der Waals surface area contributed by atoms with Gasteiger partial charge in [-0.15, -0.1) is 0 Å². The predicted molar refractivity (Wildman–Crippen MR) is 125 cm³/mol. The van der Waals surface area contributed by atoms with Crippen LogP contribution < -0.4 is 5.73 Å². The van der Waals surface area contributed by atoms with Gasteiger partial charge in [0.15, 0.2) is 0 Å². The summed E-state index contributed by atoms with van der Waals surface area (Å²) in [5.41, 5.74) is 7.30. The Kier molecular flexibility index (Phi) is 6.59. The number of hydrogen-bond acceptors (Lipinski definition) is 5. The molecule has 2 N–H and O–H groups in total. The fraction of sp³-hybridized carbons (Fsp3) is 0.654. The van der Waals surface area contributed by atoms with E-state index in [9.17, 15) is 19.2 Å². The van der Waals surface area contributed by atoms with Crippen molar-refractivity contribution >= 4 is 11.8 Å². The van der Waals surface area contributed by atoms with Crippen LogP contribution in [0.4, 0.5) is 4.39 Å². The molecule has 0 aromatic heterocycles. The molecule has 2 amide bonds. The lowest BCUT2D eigenvalue weighted by atomic mass is 9.80. The maximum absolute atomic E-state index is 13.6. The molecule has 2 bridgehead atoms. The number of hydrogen-bond donors (Lipinski definition) is 1. The van der Waals surface area contributed by atoms with Gasteiger partial charge in [0.25, 0.3) is 0 Å². The molecule has 1 aromatic rings. The molecule has 7 nitrogen and oxygen atoms in total. The lowest BCUT2D eigenvalue weighted by Crippen LogP contribution is -2.57. The number of fused-ring (bicyclic) bond motifs is 2. The zero-order valence-electron chi connectivity index (χ0n) is 19.6. The molecule has 1 aromatic carbocycles. The van der Waals surface area contributed by atoms with Gasteiger partial charge in [0.05, 0.1) is 24.2 Å². The molecular formula is C26H34FN5O2. The van der Waals surface area contributed by atoms with E-state index in [-0.39, 0.29) is 35.8 Å². The lowest BCUT2D eigenvalue weighted by molar-refractivity contribution is -0.142. The van der Waals surface area contributed by atoms with Crippen molar-refractivity contribution in [3.8, 4) is 6.07 Å². The van der Waals surface area contributed by atoms with Crippen molar-refractivity contribution in [1.82, 2.24) is 14.7 Å². The highest BCUT2D eigenvalue weighted by Gasteiger charge is 2.53. The van der Waals surface area contributed by atoms with Crippen molar-refractivity contribution in [2.24, 2.45) is 11.7 Å². The molecule has 0 unspecified atom stereocenters. The van der Waals surface area contributed by atoms with Gasteiger partial charge in [-0.05, 0) is 55.7 Å². The Morgan fingerprint density at radius 2 is 1.88 bits per heavy atom. The van der Waals surface area contributed by atoms with Crippen molar-refractivity contribution in [1.29, 1.82) is 5.26 Å². The first-order valence-electron chi connectivity index (χ1n) is 12.8. The molecule has 8 heteroatoms. The van der Waals surface area contributed by atoms with E-state index >= 15 is 0 Å². The zero-order chi connectivity index (χ0) is 23.8. The van der Waals surface area contributed by atoms with Crippen LogP contribution in [0.5, 0.6) is 0 Å². The van der Waals surface area contributed by atoms with E-state index in [1.54, 1.807) is 4.90 Å². The summed E-state index contributed by atoms with van der Waals surface area (Å²) in [7, 11) is 0. The van der Waals surface area contributed by atoms with E-state index in [1.165, 1.54) is 31.4 Å². The monoisotopic (exact) mass is 467 g/mol. The number of carbonyl (C=O) groups is 2. The summed E-state index contributed by atoms with van der Waals surface area (Å²) in [5.74, 6) is 0.0363. The number of nitrogens with two attached hydrogens (primary N) is 1. The van der Waals surface area contributed by atoms with Crippen LogP contribution >= 0.6 is 0 Å². The Balaban J connectivity index is 1.30. The van der Waals surface area contributed by atoms with Gasteiger partial charge < -0.3 is 15.5 Å². The number of likely N-dealkylation sites (tertiary alicyclic amines) is 3. The highest BCUT2D eigenvalue weighted by Crippen LogP contribution is 2.45. The van der Waals surface area contributed by atoms with Crippen LogP contribution in [0.2, 0.25) is 0 Å². The topological polar surface area (TPSA) is 93.7 Å². The largest absolute Gasteiger partial charge is 0.330 e. The van der Waals surface area contributed by atoms with E-state index in [4.69, 9.17) is 5.73 Å². The first-order valence-corrected chi connectivity index (χ1v) is 12.8.